The van der Waals surface area contributed by atoms with E-state index in [4.69, 9.17) is 23.2 Å². The average molecular weight is 338 g/mol. The van der Waals surface area contributed by atoms with Crippen molar-refractivity contribution >= 4 is 49.7 Å². The molecule has 1 N–H and O–H groups in total. The highest BCUT2D eigenvalue weighted by atomic mass is 35.5. The van der Waals surface area contributed by atoms with Gasteiger partial charge >= 0.3 is 0 Å². The Morgan fingerprint density at radius 1 is 1.32 bits per heavy atom. The monoisotopic (exact) mass is 337 g/mol. The molecule has 0 spiro atoms. The first-order valence-corrected chi connectivity index (χ1v) is 8.13. The van der Waals surface area contributed by atoms with Crippen LogP contribution in [-0.4, -0.2) is 18.4 Å². The molecule has 0 atom stereocenters. The number of aromatic nitrogens is 2. The number of rotatable bonds is 3. The number of pyridine rings is 1. The molecule has 0 radical (unpaired) electrons. The third kappa shape index (κ3) is 3.17. The van der Waals surface area contributed by atoms with E-state index in [1.54, 1.807) is 0 Å². The first-order valence-electron chi connectivity index (χ1n) is 5.07. The second kappa shape index (κ2) is 5.24. The van der Waals surface area contributed by atoms with Crippen LogP contribution in [0.1, 0.15) is 10.6 Å². The van der Waals surface area contributed by atoms with E-state index in [-0.39, 0.29) is 15.1 Å². The summed E-state index contributed by atoms with van der Waals surface area (Å²) in [5.74, 6) is 0. The van der Waals surface area contributed by atoms with E-state index < -0.39 is 10.0 Å². The fourth-order valence-electron chi connectivity index (χ4n) is 1.24. The maximum atomic E-state index is 12.1. The summed E-state index contributed by atoms with van der Waals surface area (Å²) >= 11 is 12.7. The summed E-state index contributed by atoms with van der Waals surface area (Å²) in [4.78, 5) is 8.70. The SMILES string of the molecule is Cc1nc(NS(=O)(=O)c2cnc(Cl)c(Cl)c2)sc1C. The Morgan fingerprint density at radius 2 is 2.00 bits per heavy atom. The highest BCUT2D eigenvalue weighted by molar-refractivity contribution is 7.93. The Bertz CT molecular complexity index is 709. The highest BCUT2D eigenvalue weighted by Gasteiger charge is 2.18. The van der Waals surface area contributed by atoms with Crippen LogP contribution < -0.4 is 4.72 Å². The summed E-state index contributed by atoms with van der Waals surface area (Å²) in [5.41, 5.74) is 0.787. The van der Waals surface area contributed by atoms with Crippen molar-refractivity contribution in [3.8, 4) is 0 Å². The van der Waals surface area contributed by atoms with E-state index in [0.29, 0.717) is 5.13 Å². The quantitative estimate of drug-likeness (QED) is 0.872. The van der Waals surface area contributed by atoms with E-state index in [0.717, 1.165) is 16.8 Å². The van der Waals surface area contributed by atoms with Gasteiger partial charge in [0.15, 0.2) is 5.13 Å². The number of nitrogens with zero attached hydrogens (tertiary/aromatic N) is 2. The summed E-state index contributed by atoms with van der Waals surface area (Å²) < 4.78 is 26.6. The molecule has 0 aromatic carbocycles. The second-order valence-electron chi connectivity index (χ2n) is 3.71. The smallest absolute Gasteiger partial charge is 0.255 e. The van der Waals surface area contributed by atoms with E-state index >= 15 is 0 Å². The molecule has 0 aliphatic rings. The topological polar surface area (TPSA) is 72.0 Å². The number of hydrogen-bond donors (Lipinski definition) is 1. The number of halogens is 2. The normalized spacial score (nSPS) is 11.6. The van der Waals surface area contributed by atoms with Gasteiger partial charge in [-0.1, -0.05) is 23.2 Å². The lowest BCUT2D eigenvalue weighted by molar-refractivity contribution is 0.601. The van der Waals surface area contributed by atoms with Crippen LogP contribution in [0.5, 0.6) is 0 Å². The van der Waals surface area contributed by atoms with Crippen LogP contribution in [-0.2, 0) is 10.0 Å². The average Bonchev–Trinajstić information content (AvgIpc) is 2.60. The third-order valence-electron chi connectivity index (χ3n) is 2.33. The largest absolute Gasteiger partial charge is 0.265 e. The first-order chi connectivity index (χ1) is 8.79. The Morgan fingerprint density at radius 3 is 2.53 bits per heavy atom. The first kappa shape index (κ1) is 14.5. The minimum absolute atomic E-state index is 0.0570. The van der Waals surface area contributed by atoms with Crippen molar-refractivity contribution < 1.29 is 8.42 Å². The van der Waals surface area contributed by atoms with Crippen LogP contribution in [0.15, 0.2) is 17.2 Å². The van der Waals surface area contributed by atoms with E-state index in [1.807, 2.05) is 13.8 Å². The Labute approximate surface area is 124 Å². The summed E-state index contributed by atoms with van der Waals surface area (Å²) in [5, 5.41) is 0.443. The zero-order valence-corrected chi connectivity index (χ0v) is 13.1. The molecule has 0 fully saturated rings. The van der Waals surface area contributed by atoms with Crippen LogP contribution in [0.4, 0.5) is 5.13 Å². The summed E-state index contributed by atoms with van der Waals surface area (Å²) in [7, 11) is -3.76. The number of hydrogen-bond acceptors (Lipinski definition) is 5. The van der Waals surface area contributed by atoms with E-state index in [9.17, 15) is 8.42 Å². The molecule has 0 amide bonds. The van der Waals surface area contributed by atoms with Crippen molar-refractivity contribution in [1.82, 2.24) is 9.97 Å². The fraction of sp³-hybridized carbons (Fsp3) is 0.200. The van der Waals surface area contributed by atoms with Crippen LogP contribution in [0.25, 0.3) is 0 Å². The highest BCUT2D eigenvalue weighted by Crippen LogP contribution is 2.26. The molecule has 2 rings (SSSR count). The molecule has 102 valence electrons. The fourth-order valence-corrected chi connectivity index (χ4v) is 3.59. The summed E-state index contributed by atoms with van der Waals surface area (Å²) in [6.07, 6.45) is 1.14. The van der Waals surface area contributed by atoms with Gasteiger partial charge in [-0.05, 0) is 19.9 Å². The minimum atomic E-state index is -3.76. The van der Waals surface area contributed by atoms with Gasteiger partial charge in [-0.3, -0.25) is 4.72 Å². The molecule has 0 saturated carbocycles. The van der Waals surface area contributed by atoms with Gasteiger partial charge in [0.25, 0.3) is 10.0 Å². The molecule has 0 saturated heterocycles. The molecule has 9 heteroatoms. The van der Waals surface area contributed by atoms with Gasteiger partial charge < -0.3 is 0 Å². The number of aryl methyl sites for hydroxylation is 2. The van der Waals surface area contributed by atoms with Crippen molar-refractivity contribution in [1.29, 1.82) is 0 Å². The zero-order valence-electron chi connectivity index (χ0n) is 9.94. The van der Waals surface area contributed by atoms with E-state index in [2.05, 4.69) is 14.7 Å². The van der Waals surface area contributed by atoms with Crippen molar-refractivity contribution in [2.45, 2.75) is 18.7 Å². The summed E-state index contributed by atoms with van der Waals surface area (Å²) in [6, 6.07) is 1.24. The number of sulfonamides is 1. The second-order valence-corrected chi connectivity index (χ2v) is 7.36. The van der Waals surface area contributed by atoms with Crippen molar-refractivity contribution in [3.63, 3.8) is 0 Å². The van der Waals surface area contributed by atoms with Crippen LogP contribution in [0.3, 0.4) is 0 Å². The van der Waals surface area contributed by atoms with Crippen LogP contribution in [0, 0.1) is 13.8 Å². The van der Waals surface area contributed by atoms with Gasteiger partial charge in [-0.25, -0.2) is 18.4 Å². The van der Waals surface area contributed by atoms with Gasteiger partial charge in [0, 0.05) is 11.1 Å². The van der Waals surface area contributed by atoms with Crippen LogP contribution in [0.2, 0.25) is 10.2 Å². The predicted octanol–water partition coefficient (Wildman–Crippen LogP) is 3.26. The molecule has 0 aliphatic heterocycles. The van der Waals surface area contributed by atoms with Crippen LogP contribution >= 0.6 is 34.5 Å². The van der Waals surface area contributed by atoms with Gasteiger partial charge in [0.05, 0.1) is 10.7 Å². The van der Waals surface area contributed by atoms with Gasteiger partial charge in [0.2, 0.25) is 0 Å². The number of thiazole rings is 1. The van der Waals surface area contributed by atoms with Gasteiger partial charge in [0.1, 0.15) is 10.0 Å². The maximum Gasteiger partial charge on any atom is 0.265 e. The number of anilines is 1. The Kier molecular flexibility index (Phi) is 4.00. The molecule has 2 aromatic heterocycles. The standard InChI is InChI=1S/C10H9Cl2N3O2S2/c1-5-6(2)18-10(14-5)15-19(16,17)7-3-8(11)9(12)13-4-7/h3-4H,1-2H3,(H,14,15). The van der Waals surface area contributed by atoms with Gasteiger partial charge in [-0.2, -0.15) is 0 Å². The lowest BCUT2D eigenvalue weighted by Gasteiger charge is -2.05. The van der Waals surface area contributed by atoms with Crippen molar-refractivity contribution in [2.75, 3.05) is 4.72 Å². The van der Waals surface area contributed by atoms with Crippen molar-refractivity contribution in [3.05, 3.63) is 33.0 Å². The minimum Gasteiger partial charge on any atom is -0.255 e. The van der Waals surface area contributed by atoms with Gasteiger partial charge in [-0.15, -0.1) is 11.3 Å². The molecule has 0 bridgehead atoms. The Balaban J connectivity index is 2.34. The molecule has 5 nitrogen and oxygen atoms in total. The lowest BCUT2D eigenvalue weighted by Crippen LogP contribution is -2.13. The maximum absolute atomic E-state index is 12.1. The number of nitrogens with one attached hydrogen (secondary N) is 1. The third-order valence-corrected chi connectivity index (χ3v) is 5.44. The lowest BCUT2D eigenvalue weighted by atomic mass is 10.4. The predicted molar refractivity (Wildman–Crippen MR) is 76.7 cm³/mol. The summed E-state index contributed by atoms with van der Waals surface area (Å²) in [6.45, 7) is 3.68. The molecule has 0 aliphatic carbocycles. The molecular weight excluding hydrogens is 329 g/mol. The molecule has 0 unspecified atom stereocenters. The Hall–Kier alpha value is -0.890. The molecule has 2 heterocycles. The molecular formula is C10H9Cl2N3O2S2. The van der Waals surface area contributed by atoms with Crippen molar-refractivity contribution in [2.24, 2.45) is 0 Å². The molecule has 2 aromatic rings. The zero-order chi connectivity index (χ0) is 14.2. The molecule has 19 heavy (non-hydrogen) atoms. The van der Waals surface area contributed by atoms with E-state index in [1.165, 1.54) is 17.4 Å².